The number of ketones is 1. The van der Waals surface area contributed by atoms with Gasteiger partial charge in [-0.15, -0.1) is 11.3 Å². The summed E-state index contributed by atoms with van der Waals surface area (Å²) in [5.74, 6) is 0.777. The number of carbonyl (C=O) groups is 2. The van der Waals surface area contributed by atoms with Crippen LogP contribution in [0.25, 0.3) is 0 Å². The van der Waals surface area contributed by atoms with E-state index in [2.05, 4.69) is 15.7 Å². The zero-order valence-electron chi connectivity index (χ0n) is 14.7. The summed E-state index contributed by atoms with van der Waals surface area (Å²) in [5.41, 5.74) is 1.88. The van der Waals surface area contributed by atoms with E-state index in [9.17, 15) is 9.59 Å². The van der Waals surface area contributed by atoms with Gasteiger partial charge in [0.05, 0.1) is 5.69 Å². The summed E-state index contributed by atoms with van der Waals surface area (Å²) >= 11 is 1.50. The summed E-state index contributed by atoms with van der Waals surface area (Å²) in [5, 5.41) is 5.66. The van der Waals surface area contributed by atoms with Crippen molar-refractivity contribution in [2.75, 3.05) is 18.4 Å². The average Bonchev–Trinajstić information content (AvgIpc) is 3.08. The topological polar surface area (TPSA) is 62.3 Å². The second-order valence-corrected chi connectivity index (χ2v) is 7.99. The molecule has 0 spiro atoms. The van der Waals surface area contributed by atoms with Crippen molar-refractivity contribution in [2.45, 2.75) is 38.0 Å². The van der Waals surface area contributed by atoms with E-state index in [1.54, 1.807) is 4.90 Å². The maximum Gasteiger partial charge on any atom is 0.323 e. The molecule has 1 aliphatic heterocycles. The molecule has 0 unspecified atom stereocenters. The zero-order valence-corrected chi connectivity index (χ0v) is 15.5. The predicted octanol–water partition coefficient (Wildman–Crippen LogP) is 4.54. The number of hydrogen-bond acceptors (Lipinski definition) is 4. The second-order valence-electron chi connectivity index (χ2n) is 7.13. The number of anilines is 1. The standard InChI is InChI=1S/C20H23N3O2S/c24-18(15-5-2-1-3-6-15)16-9-11-23(12-10-16)20(25)22-19-21-17(13-26-19)14-7-4-8-14/h1-3,5-6,13-14,16H,4,7-12H2,(H,21,22,25). The molecule has 2 aromatic rings. The van der Waals surface area contributed by atoms with Crippen LogP contribution in [0.5, 0.6) is 0 Å². The third-order valence-corrected chi connectivity index (χ3v) is 6.25. The molecule has 1 saturated heterocycles. The number of urea groups is 1. The minimum Gasteiger partial charge on any atom is -0.324 e. The number of aromatic nitrogens is 1. The lowest BCUT2D eigenvalue weighted by molar-refractivity contribution is 0.0859. The van der Waals surface area contributed by atoms with Crippen LogP contribution in [0.1, 0.15) is 54.1 Å². The molecule has 1 aliphatic carbocycles. The molecule has 0 atom stereocenters. The monoisotopic (exact) mass is 369 g/mol. The van der Waals surface area contributed by atoms with Crippen LogP contribution in [0.3, 0.4) is 0 Å². The van der Waals surface area contributed by atoms with Crippen LogP contribution in [0.15, 0.2) is 35.7 Å². The number of likely N-dealkylation sites (tertiary alicyclic amines) is 1. The van der Waals surface area contributed by atoms with Crippen LogP contribution in [0.4, 0.5) is 9.93 Å². The highest BCUT2D eigenvalue weighted by Gasteiger charge is 2.28. The molecule has 2 heterocycles. The van der Waals surface area contributed by atoms with E-state index in [0.717, 1.165) is 11.3 Å². The van der Waals surface area contributed by atoms with E-state index in [1.807, 2.05) is 30.3 Å². The number of hydrogen-bond donors (Lipinski definition) is 1. The fraction of sp³-hybridized carbons (Fsp3) is 0.450. The van der Waals surface area contributed by atoms with Crippen molar-refractivity contribution in [3.63, 3.8) is 0 Å². The van der Waals surface area contributed by atoms with Gasteiger partial charge in [0, 0.05) is 35.9 Å². The second kappa shape index (κ2) is 7.58. The fourth-order valence-electron chi connectivity index (χ4n) is 3.59. The number of piperidine rings is 1. The number of carbonyl (C=O) groups excluding carboxylic acids is 2. The fourth-order valence-corrected chi connectivity index (χ4v) is 4.37. The van der Waals surface area contributed by atoms with Gasteiger partial charge in [-0.05, 0) is 25.7 Å². The molecule has 0 bridgehead atoms. The molecule has 1 aromatic heterocycles. The van der Waals surface area contributed by atoms with E-state index >= 15 is 0 Å². The highest BCUT2D eigenvalue weighted by atomic mass is 32.1. The molecular formula is C20H23N3O2S. The lowest BCUT2D eigenvalue weighted by atomic mass is 9.83. The highest BCUT2D eigenvalue weighted by Crippen LogP contribution is 2.37. The molecule has 6 heteroatoms. The number of thiazole rings is 1. The Morgan fingerprint density at radius 2 is 1.81 bits per heavy atom. The van der Waals surface area contributed by atoms with Gasteiger partial charge in [0.2, 0.25) is 0 Å². The first-order valence-electron chi connectivity index (χ1n) is 9.31. The van der Waals surface area contributed by atoms with Crippen LogP contribution < -0.4 is 5.32 Å². The van der Waals surface area contributed by atoms with Gasteiger partial charge < -0.3 is 4.90 Å². The molecular weight excluding hydrogens is 346 g/mol. The van der Waals surface area contributed by atoms with Crippen molar-refractivity contribution in [1.29, 1.82) is 0 Å². The SMILES string of the molecule is O=C(c1ccccc1)C1CCN(C(=O)Nc2nc(C3CCC3)cs2)CC1. The lowest BCUT2D eigenvalue weighted by Gasteiger charge is -2.31. The van der Waals surface area contributed by atoms with Crippen LogP contribution >= 0.6 is 11.3 Å². The molecule has 26 heavy (non-hydrogen) atoms. The van der Waals surface area contributed by atoms with Gasteiger partial charge in [-0.1, -0.05) is 36.8 Å². The Hall–Kier alpha value is -2.21. The number of benzene rings is 1. The van der Waals surface area contributed by atoms with Gasteiger partial charge >= 0.3 is 6.03 Å². The van der Waals surface area contributed by atoms with Gasteiger partial charge in [0.15, 0.2) is 10.9 Å². The van der Waals surface area contributed by atoms with E-state index < -0.39 is 0 Å². The first kappa shape index (κ1) is 17.2. The van der Waals surface area contributed by atoms with E-state index in [0.29, 0.717) is 37.0 Å². The van der Waals surface area contributed by atoms with Crippen LogP contribution in [0, 0.1) is 5.92 Å². The van der Waals surface area contributed by atoms with Crippen LogP contribution in [0.2, 0.25) is 0 Å². The lowest BCUT2D eigenvalue weighted by Crippen LogP contribution is -2.42. The van der Waals surface area contributed by atoms with Crippen LogP contribution in [-0.2, 0) is 0 Å². The quantitative estimate of drug-likeness (QED) is 0.805. The maximum atomic E-state index is 12.5. The highest BCUT2D eigenvalue weighted by molar-refractivity contribution is 7.13. The van der Waals surface area contributed by atoms with Gasteiger partial charge in [-0.2, -0.15) is 0 Å². The molecule has 2 fully saturated rings. The normalized spacial score (nSPS) is 18.4. The Morgan fingerprint density at radius 3 is 2.46 bits per heavy atom. The molecule has 5 nitrogen and oxygen atoms in total. The number of amides is 2. The average molecular weight is 369 g/mol. The Bertz CT molecular complexity index is 777. The van der Waals surface area contributed by atoms with E-state index in [1.165, 1.54) is 30.6 Å². The maximum absolute atomic E-state index is 12.5. The first-order chi connectivity index (χ1) is 12.7. The molecule has 1 saturated carbocycles. The predicted molar refractivity (Wildman–Crippen MR) is 103 cm³/mol. The summed E-state index contributed by atoms with van der Waals surface area (Å²) < 4.78 is 0. The van der Waals surface area contributed by atoms with Crippen molar-refractivity contribution in [3.05, 3.63) is 47.0 Å². The Morgan fingerprint density at radius 1 is 1.08 bits per heavy atom. The summed E-state index contributed by atoms with van der Waals surface area (Å²) in [6.45, 7) is 1.21. The van der Waals surface area contributed by atoms with Crippen molar-refractivity contribution in [2.24, 2.45) is 5.92 Å². The van der Waals surface area contributed by atoms with Crippen molar-refractivity contribution in [3.8, 4) is 0 Å². The first-order valence-corrected chi connectivity index (χ1v) is 10.2. The zero-order chi connectivity index (χ0) is 17.9. The van der Waals surface area contributed by atoms with Crippen molar-refractivity contribution >= 4 is 28.3 Å². The van der Waals surface area contributed by atoms with Crippen molar-refractivity contribution in [1.82, 2.24) is 9.88 Å². The largest absolute Gasteiger partial charge is 0.324 e. The number of nitrogens with zero attached hydrogens (tertiary/aromatic N) is 2. The molecule has 136 valence electrons. The molecule has 1 aromatic carbocycles. The Balaban J connectivity index is 1.29. The summed E-state index contributed by atoms with van der Waals surface area (Å²) in [6, 6.07) is 9.32. The third kappa shape index (κ3) is 3.65. The number of nitrogens with one attached hydrogen (secondary N) is 1. The molecule has 0 radical (unpaired) electrons. The van der Waals surface area contributed by atoms with Crippen LogP contribution in [-0.4, -0.2) is 34.8 Å². The van der Waals surface area contributed by atoms with Crippen molar-refractivity contribution < 1.29 is 9.59 Å². The minimum atomic E-state index is -0.106. The molecule has 2 amide bonds. The Kier molecular flexibility index (Phi) is 5.02. The van der Waals surface area contributed by atoms with E-state index in [4.69, 9.17) is 0 Å². The minimum absolute atomic E-state index is 0.00605. The van der Waals surface area contributed by atoms with Gasteiger partial charge in [-0.3, -0.25) is 10.1 Å². The number of Topliss-reactive ketones (excluding diaryl/α,β-unsaturated/α-hetero) is 1. The van der Waals surface area contributed by atoms with E-state index in [-0.39, 0.29) is 17.7 Å². The van der Waals surface area contributed by atoms with Gasteiger partial charge in [0.25, 0.3) is 0 Å². The van der Waals surface area contributed by atoms with Gasteiger partial charge in [0.1, 0.15) is 0 Å². The smallest absolute Gasteiger partial charge is 0.323 e. The summed E-state index contributed by atoms with van der Waals surface area (Å²) in [7, 11) is 0. The summed E-state index contributed by atoms with van der Waals surface area (Å²) in [4.78, 5) is 31.4. The third-order valence-electron chi connectivity index (χ3n) is 5.47. The van der Waals surface area contributed by atoms with Gasteiger partial charge in [-0.25, -0.2) is 9.78 Å². The summed E-state index contributed by atoms with van der Waals surface area (Å²) in [6.07, 6.45) is 5.12. The molecule has 2 aliphatic rings. The molecule has 4 rings (SSSR count). The number of rotatable bonds is 4. The molecule has 1 N–H and O–H groups in total. The Labute approximate surface area is 157 Å².